The van der Waals surface area contributed by atoms with Gasteiger partial charge in [0.2, 0.25) is 0 Å². The molecule has 0 unspecified atom stereocenters. The van der Waals surface area contributed by atoms with Crippen molar-refractivity contribution in [1.29, 1.82) is 0 Å². The number of anilines is 1. The molecule has 87 valence electrons. The molecule has 0 aliphatic rings. The molecule has 0 saturated heterocycles. The Kier molecular flexibility index (Phi) is 3.75. The lowest BCUT2D eigenvalue weighted by Gasteiger charge is -2.13. The molecule has 0 atom stereocenters. The molecule has 0 saturated carbocycles. The summed E-state index contributed by atoms with van der Waals surface area (Å²) in [5, 5.41) is 0. The first-order chi connectivity index (χ1) is 8.15. The van der Waals surface area contributed by atoms with E-state index in [0.29, 0.717) is 0 Å². The molecule has 1 nitrogen and oxygen atoms in total. The van der Waals surface area contributed by atoms with Gasteiger partial charge in [0.25, 0.3) is 0 Å². The zero-order chi connectivity index (χ0) is 12.3. The van der Waals surface area contributed by atoms with Crippen molar-refractivity contribution in [1.82, 2.24) is 0 Å². The smallest absolute Gasteiger partial charge is 0.0372 e. The third-order valence-electron chi connectivity index (χ3n) is 2.52. The number of rotatable bonds is 3. The average molecular weight is 242 g/mol. The molecule has 2 aromatic rings. The van der Waals surface area contributed by atoms with Crippen LogP contribution in [0.4, 0.5) is 5.69 Å². The molecule has 0 spiro atoms. The van der Waals surface area contributed by atoms with E-state index in [1.54, 1.807) is 11.8 Å². The van der Waals surface area contributed by atoms with Gasteiger partial charge in [-0.3, -0.25) is 0 Å². The summed E-state index contributed by atoms with van der Waals surface area (Å²) in [5.74, 6) is 0. The molecule has 17 heavy (non-hydrogen) atoms. The van der Waals surface area contributed by atoms with Crippen LogP contribution in [0.5, 0.6) is 0 Å². The second-order valence-electron chi connectivity index (χ2n) is 4.22. The quantitative estimate of drug-likeness (QED) is 0.800. The van der Waals surface area contributed by atoms with Crippen LogP contribution < -0.4 is 4.90 Å². The van der Waals surface area contributed by atoms with E-state index in [4.69, 9.17) is 0 Å². The fourth-order valence-electron chi connectivity index (χ4n) is 1.50. The summed E-state index contributed by atoms with van der Waals surface area (Å²) in [6, 6.07) is 18.0. The van der Waals surface area contributed by atoms with E-state index in [1.807, 2.05) is 6.07 Å². The van der Waals surface area contributed by atoms with E-state index in [1.165, 1.54) is 16.1 Å². The molecule has 2 aromatic carbocycles. The van der Waals surface area contributed by atoms with Crippen LogP contribution in [0.1, 0.15) is 5.56 Å². The zero-order valence-corrected chi connectivity index (χ0v) is 11.2. The van der Waals surface area contributed by atoms with Crippen molar-refractivity contribution >= 4 is 17.4 Å². The minimum Gasteiger partial charge on any atom is -0.378 e. The Morgan fingerprint density at radius 3 is 2.41 bits per heavy atom. The van der Waals surface area contributed by atoms with Crippen LogP contribution in [-0.2, 0) is 0 Å². The first kappa shape index (κ1) is 12.1. The highest BCUT2D eigenvalue weighted by Gasteiger charge is 2.00. The Morgan fingerprint density at radius 2 is 1.76 bits per heavy atom. The summed E-state index contributed by atoms with van der Waals surface area (Å²) in [6.07, 6.45) is 0. The van der Waals surface area contributed by atoms with Crippen LogP contribution in [0.15, 0.2) is 52.3 Å². The van der Waals surface area contributed by atoms with E-state index >= 15 is 0 Å². The molecule has 0 fully saturated rings. The highest BCUT2D eigenvalue weighted by molar-refractivity contribution is 7.99. The lowest BCUT2D eigenvalue weighted by molar-refractivity contribution is 1.12. The van der Waals surface area contributed by atoms with Crippen LogP contribution >= 0.6 is 11.8 Å². The molecule has 2 rings (SSSR count). The van der Waals surface area contributed by atoms with Crippen LogP contribution in [0, 0.1) is 13.0 Å². The van der Waals surface area contributed by atoms with Crippen molar-refractivity contribution in [2.45, 2.75) is 16.7 Å². The summed E-state index contributed by atoms with van der Waals surface area (Å²) in [7, 11) is 4.10. The minimum atomic E-state index is 1.15. The first-order valence-corrected chi connectivity index (χ1v) is 6.40. The summed E-state index contributed by atoms with van der Waals surface area (Å²) in [5.41, 5.74) is 2.50. The van der Waals surface area contributed by atoms with Gasteiger partial charge < -0.3 is 4.90 Å². The second-order valence-corrected chi connectivity index (χ2v) is 5.34. The third kappa shape index (κ3) is 3.27. The van der Waals surface area contributed by atoms with E-state index in [-0.39, 0.29) is 0 Å². The molecule has 1 radical (unpaired) electrons. The maximum Gasteiger partial charge on any atom is 0.0372 e. The lowest BCUT2D eigenvalue weighted by atomic mass is 10.2. The Balaban J connectivity index is 2.18. The summed E-state index contributed by atoms with van der Waals surface area (Å²) in [6.45, 7) is 2.10. The molecule has 0 aliphatic carbocycles. The number of benzene rings is 2. The van der Waals surface area contributed by atoms with Crippen LogP contribution in [0.3, 0.4) is 0 Å². The zero-order valence-electron chi connectivity index (χ0n) is 10.4. The largest absolute Gasteiger partial charge is 0.378 e. The number of hydrogen-bond donors (Lipinski definition) is 0. The number of hydrogen-bond acceptors (Lipinski definition) is 2. The topological polar surface area (TPSA) is 3.24 Å². The van der Waals surface area contributed by atoms with E-state index in [0.717, 1.165) is 4.90 Å². The fraction of sp³-hybridized carbons (Fsp3) is 0.200. The van der Waals surface area contributed by atoms with Crippen molar-refractivity contribution in [3.05, 3.63) is 54.1 Å². The van der Waals surface area contributed by atoms with Gasteiger partial charge in [-0.1, -0.05) is 35.5 Å². The molecule has 0 aliphatic heterocycles. The highest BCUT2D eigenvalue weighted by Crippen LogP contribution is 2.29. The van der Waals surface area contributed by atoms with Gasteiger partial charge in [-0.25, -0.2) is 0 Å². The lowest BCUT2D eigenvalue weighted by Crippen LogP contribution is -2.08. The molecule has 0 N–H and O–H groups in total. The Morgan fingerprint density at radius 1 is 1.06 bits per heavy atom. The van der Waals surface area contributed by atoms with Gasteiger partial charge in [0.1, 0.15) is 0 Å². The van der Waals surface area contributed by atoms with Gasteiger partial charge in [0, 0.05) is 29.6 Å². The van der Waals surface area contributed by atoms with Crippen molar-refractivity contribution in [3.63, 3.8) is 0 Å². The third-order valence-corrected chi connectivity index (χ3v) is 3.49. The summed E-state index contributed by atoms with van der Waals surface area (Å²) in [4.78, 5) is 4.51. The first-order valence-electron chi connectivity index (χ1n) is 5.59. The van der Waals surface area contributed by atoms with E-state index < -0.39 is 0 Å². The van der Waals surface area contributed by atoms with Gasteiger partial charge >= 0.3 is 0 Å². The molecule has 0 bridgehead atoms. The predicted molar refractivity (Wildman–Crippen MR) is 74.9 cm³/mol. The highest BCUT2D eigenvalue weighted by atomic mass is 32.2. The van der Waals surface area contributed by atoms with Crippen LogP contribution in [0.25, 0.3) is 0 Å². The van der Waals surface area contributed by atoms with E-state index in [2.05, 4.69) is 68.4 Å². The molecular weight excluding hydrogens is 226 g/mol. The molecule has 2 heteroatoms. The monoisotopic (exact) mass is 242 g/mol. The van der Waals surface area contributed by atoms with E-state index in [9.17, 15) is 0 Å². The summed E-state index contributed by atoms with van der Waals surface area (Å²) >= 11 is 1.75. The molecule has 0 amide bonds. The molecule has 0 aromatic heterocycles. The number of nitrogens with zero attached hydrogens (tertiary/aromatic N) is 1. The van der Waals surface area contributed by atoms with Gasteiger partial charge in [-0.05, 0) is 37.3 Å². The van der Waals surface area contributed by atoms with Crippen LogP contribution in [0.2, 0.25) is 0 Å². The van der Waals surface area contributed by atoms with Gasteiger partial charge in [-0.15, -0.1) is 0 Å². The maximum absolute atomic E-state index is 3.26. The van der Waals surface area contributed by atoms with Crippen molar-refractivity contribution in [2.24, 2.45) is 0 Å². The molecular formula is C15H16NS. The normalized spacial score (nSPS) is 10.3. The Hall–Kier alpha value is -1.41. The second kappa shape index (κ2) is 5.28. The summed E-state index contributed by atoms with van der Waals surface area (Å²) < 4.78 is 0. The van der Waals surface area contributed by atoms with Crippen molar-refractivity contribution < 1.29 is 0 Å². The molecule has 0 heterocycles. The van der Waals surface area contributed by atoms with Crippen LogP contribution in [-0.4, -0.2) is 14.1 Å². The van der Waals surface area contributed by atoms with Gasteiger partial charge in [0.15, 0.2) is 0 Å². The minimum absolute atomic E-state index is 1.15. The Labute approximate surface area is 107 Å². The average Bonchev–Trinajstić information content (AvgIpc) is 2.32. The van der Waals surface area contributed by atoms with Crippen molar-refractivity contribution in [3.8, 4) is 0 Å². The Bertz CT molecular complexity index is 489. The van der Waals surface area contributed by atoms with Gasteiger partial charge in [0.05, 0.1) is 0 Å². The number of aryl methyl sites for hydroxylation is 1. The van der Waals surface area contributed by atoms with Crippen molar-refractivity contribution in [2.75, 3.05) is 19.0 Å². The fourth-order valence-corrected chi connectivity index (χ4v) is 2.34. The predicted octanol–water partition coefficient (Wildman–Crippen LogP) is 4.01. The standard InChI is InChI=1S/C15H16NS/c1-12-7-9-14(10-8-12)17-15-6-4-5-13(11-15)16(2)3/h4-5,7-11H,1-3H3. The van der Waals surface area contributed by atoms with Gasteiger partial charge in [-0.2, -0.15) is 0 Å². The SMILES string of the molecule is Cc1ccc(Sc2[c]ccc(N(C)C)c2)cc1. The maximum atomic E-state index is 3.26.